The number of thiophene rings is 1. The molecular weight excluding hydrogens is 701 g/mol. The fourth-order valence-corrected chi connectivity index (χ4v) is 9.22. The first-order valence-electron chi connectivity index (χ1n) is 18.8. The smallest absolute Gasteiger partial charge is 0.160 e. The SMILES string of the molecule is c1ccc(-c2cccc(-c3cc(-c4ccccc4)nc(-c4cc(-c5ccnc6c5sc5ccccc56)cc(-n5c6ccccc6c6ccccc65)c4)n3)c2)cc1. The van der Waals surface area contributed by atoms with Gasteiger partial charge in [-0.05, 0) is 71.3 Å². The molecule has 0 saturated carbocycles. The molecule has 0 atom stereocenters. The molecule has 5 heteroatoms. The molecule has 0 spiro atoms. The van der Waals surface area contributed by atoms with Gasteiger partial charge in [0, 0.05) is 55.0 Å². The predicted molar refractivity (Wildman–Crippen MR) is 234 cm³/mol. The number of rotatable bonds is 6. The van der Waals surface area contributed by atoms with E-state index >= 15 is 0 Å². The normalized spacial score (nSPS) is 11.6. The standard InChI is InChI=1S/C51H32N4S/c1-3-14-33(15-4-1)35-18-13-19-36(28-35)45-32-44(34-16-5-2-6-17-34)53-51(54-45)38-29-37(40-26-27-52-49-43-22-9-12-25-48(43)56-50(40)49)30-39(31-38)55-46-23-10-7-20-41(46)42-21-8-11-24-47(42)55/h1-32H. The Morgan fingerprint density at radius 3 is 1.73 bits per heavy atom. The number of fused-ring (bicyclic) bond motifs is 6. The Labute approximate surface area is 327 Å². The highest BCUT2D eigenvalue weighted by Gasteiger charge is 2.19. The number of hydrogen-bond donors (Lipinski definition) is 0. The Balaban J connectivity index is 1.19. The summed E-state index contributed by atoms with van der Waals surface area (Å²) in [5, 5.41) is 3.61. The molecule has 0 N–H and O–H groups in total. The van der Waals surface area contributed by atoms with Crippen LogP contribution >= 0.6 is 11.3 Å². The van der Waals surface area contributed by atoms with Gasteiger partial charge in [-0.15, -0.1) is 11.3 Å². The largest absolute Gasteiger partial charge is 0.309 e. The molecule has 0 aliphatic carbocycles. The Hall–Kier alpha value is -7.21. The van der Waals surface area contributed by atoms with Gasteiger partial charge in [-0.25, -0.2) is 9.97 Å². The summed E-state index contributed by atoms with van der Waals surface area (Å²) in [5.74, 6) is 0.664. The van der Waals surface area contributed by atoms with Gasteiger partial charge in [0.25, 0.3) is 0 Å². The molecule has 0 unspecified atom stereocenters. The van der Waals surface area contributed by atoms with E-state index < -0.39 is 0 Å². The van der Waals surface area contributed by atoms with Gasteiger partial charge in [-0.1, -0.05) is 133 Å². The molecule has 0 amide bonds. The minimum Gasteiger partial charge on any atom is -0.309 e. The second kappa shape index (κ2) is 13.3. The summed E-state index contributed by atoms with van der Waals surface area (Å²) >= 11 is 1.79. The molecule has 262 valence electrons. The van der Waals surface area contributed by atoms with Crippen LogP contribution in [0.5, 0.6) is 0 Å². The molecule has 0 aliphatic heterocycles. The predicted octanol–water partition coefficient (Wildman–Crippen LogP) is 13.7. The Morgan fingerprint density at radius 2 is 0.982 bits per heavy atom. The van der Waals surface area contributed by atoms with Gasteiger partial charge in [0.05, 0.1) is 32.6 Å². The van der Waals surface area contributed by atoms with E-state index in [1.165, 1.54) is 26.4 Å². The summed E-state index contributed by atoms with van der Waals surface area (Å²) in [6.07, 6.45) is 1.94. The van der Waals surface area contributed by atoms with Gasteiger partial charge in [-0.3, -0.25) is 4.98 Å². The third kappa shape index (κ3) is 5.48. The molecule has 4 nitrogen and oxygen atoms in total. The molecule has 11 aromatic rings. The summed E-state index contributed by atoms with van der Waals surface area (Å²) in [6, 6.07) is 66.5. The van der Waals surface area contributed by atoms with Crippen molar-refractivity contribution in [3.05, 3.63) is 194 Å². The van der Waals surface area contributed by atoms with Gasteiger partial charge < -0.3 is 4.57 Å². The van der Waals surface area contributed by atoms with Crippen LogP contribution in [0, 0.1) is 0 Å². The zero-order valence-corrected chi connectivity index (χ0v) is 31.0. The van der Waals surface area contributed by atoms with Crippen molar-refractivity contribution in [2.24, 2.45) is 0 Å². The molecule has 11 rings (SSSR count). The number of aromatic nitrogens is 4. The van der Waals surface area contributed by atoms with Crippen molar-refractivity contribution in [3.63, 3.8) is 0 Å². The molecule has 4 heterocycles. The second-order valence-corrected chi connectivity index (χ2v) is 15.1. The number of nitrogens with zero attached hydrogens (tertiary/aromatic N) is 4. The zero-order chi connectivity index (χ0) is 37.0. The average Bonchev–Trinajstić information content (AvgIpc) is 3.83. The van der Waals surface area contributed by atoms with Crippen molar-refractivity contribution < 1.29 is 0 Å². The van der Waals surface area contributed by atoms with E-state index in [1.807, 2.05) is 12.3 Å². The van der Waals surface area contributed by atoms with Crippen LogP contribution in [0.25, 0.3) is 104 Å². The van der Waals surface area contributed by atoms with Gasteiger partial charge >= 0.3 is 0 Å². The second-order valence-electron chi connectivity index (χ2n) is 14.0. The molecule has 7 aromatic carbocycles. The van der Waals surface area contributed by atoms with Crippen LogP contribution in [0.15, 0.2) is 194 Å². The first-order chi connectivity index (χ1) is 27.7. The summed E-state index contributed by atoms with van der Waals surface area (Å²) in [7, 11) is 0. The van der Waals surface area contributed by atoms with Crippen molar-refractivity contribution >= 4 is 53.4 Å². The number of pyridine rings is 1. The van der Waals surface area contributed by atoms with Crippen molar-refractivity contribution in [2.45, 2.75) is 0 Å². The summed E-state index contributed by atoms with van der Waals surface area (Å²) in [5.41, 5.74) is 13.6. The van der Waals surface area contributed by atoms with E-state index in [4.69, 9.17) is 15.0 Å². The van der Waals surface area contributed by atoms with Gasteiger partial charge in [-0.2, -0.15) is 0 Å². The van der Waals surface area contributed by atoms with Gasteiger partial charge in [0.2, 0.25) is 0 Å². The first kappa shape index (κ1) is 32.2. The van der Waals surface area contributed by atoms with E-state index in [0.29, 0.717) is 5.82 Å². The minimum atomic E-state index is 0.664. The van der Waals surface area contributed by atoms with Crippen molar-refractivity contribution in [1.82, 2.24) is 19.5 Å². The molecular formula is C51H32N4S. The Morgan fingerprint density at radius 1 is 0.411 bits per heavy atom. The maximum absolute atomic E-state index is 5.38. The van der Waals surface area contributed by atoms with Crippen molar-refractivity contribution in [1.29, 1.82) is 0 Å². The van der Waals surface area contributed by atoms with E-state index in [-0.39, 0.29) is 0 Å². The van der Waals surface area contributed by atoms with E-state index in [9.17, 15) is 0 Å². The molecule has 0 bridgehead atoms. The Bertz CT molecular complexity index is 3200. The highest BCUT2D eigenvalue weighted by Crippen LogP contribution is 2.42. The molecule has 0 aliphatic rings. The van der Waals surface area contributed by atoms with Gasteiger partial charge in [0.15, 0.2) is 5.82 Å². The highest BCUT2D eigenvalue weighted by molar-refractivity contribution is 7.26. The van der Waals surface area contributed by atoms with Crippen molar-refractivity contribution in [2.75, 3.05) is 0 Å². The molecule has 0 fully saturated rings. The van der Waals surface area contributed by atoms with Crippen LogP contribution in [-0.2, 0) is 0 Å². The topological polar surface area (TPSA) is 43.6 Å². The van der Waals surface area contributed by atoms with Crippen LogP contribution in [-0.4, -0.2) is 19.5 Å². The summed E-state index contributed by atoms with van der Waals surface area (Å²) < 4.78 is 4.77. The number of benzene rings is 7. The van der Waals surface area contributed by atoms with E-state index in [2.05, 4.69) is 187 Å². The van der Waals surface area contributed by atoms with Crippen LogP contribution < -0.4 is 0 Å². The average molecular weight is 733 g/mol. The molecule has 0 saturated heterocycles. The van der Waals surface area contributed by atoms with Crippen molar-refractivity contribution in [3.8, 4) is 61.8 Å². The van der Waals surface area contributed by atoms with Crippen LogP contribution in [0.3, 0.4) is 0 Å². The minimum absolute atomic E-state index is 0.664. The maximum Gasteiger partial charge on any atom is 0.160 e. The fraction of sp³-hybridized carbons (Fsp3) is 0. The summed E-state index contributed by atoms with van der Waals surface area (Å²) in [6.45, 7) is 0. The fourth-order valence-electron chi connectivity index (χ4n) is 8.03. The van der Waals surface area contributed by atoms with Crippen LogP contribution in [0.4, 0.5) is 0 Å². The third-order valence-corrected chi connectivity index (χ3v) is 11.8. The zero-order valence-electron chi connectivity index (χ0n) is 30.2. The summed E-state index contributed by atoms with van der Waals surface area (Å²) in [4.78, 5) is 15.6. The lowest BCUT2D eigenvalue weighted by molar-refractivity contribution is 1.16. The van der Waals surface area contributed by atoms with Crippen LogP contribution in [0.2, 0.25) is 0 Å². The highest BCUT2D eigenvalue weighted by atomic mass is 32.1. The third-order valence-electron chi connectivity index (χ3n) is 10.6. The van der Waals surface area contributed by atoms with E-state index in [1.54, 1.807) is 11.3 Å². The number of para-hydroxylation sites is 2. The van der Waals surface area contributed by atoms with E-state index in [0.717, 1.165) is 71.7 Å². The molecule has 4 aromatic heterocycles. The maximum atomic E-state index is 5.38. The van der Waals surface area contributed by atoms with Crippen LogP contribution in [0.1, 0.15) is 0 Å². The molecule has 56 heavy (non-hydrogen) atoms. The lowest BCUT2D eigenvalue weighted by Gasteiger charge is -2.15. The monoisotopic (exact) mass is 732 g/mol. The Kier molecular flexibility index (Phi) is 7.64. The lowest BCUT2D eigenvalue weighted by atomic mass is 9.99. The lowest BCUT2D eigenvalue weighted by Crippen LogP contribution is -1.99. The molecule has 0 radical (unpaired) electrons. The quantitative estimate of drug-likeness (QED) is 0.171. The first-order valence-corrected chi connectivity index (χ1v) is 19.6. The number of hydrogen-bond acceptors (Lipinski definition) is 4. The van der Waals surface area contributed by atoms with Gasteiger partial charge in [0.1, 0.15) is 0 Å².